The van der Waals surface area contributed by atoms with E-state index in [0.717, 1.165) is 11.3 Å². The monoisotopic (exact) mass is 270 g/mol. The number of hydrogen-bond donors (Lipinski definition) is 2. The van der Waals surface area contributed by atoms with Gasteiger partial charge in [0, 0.05) is 17.4 Å². The van der Waals surface area contributed by atoms with Gasteiger partial charge in [0.05, 0.1) is 0 Å². The third-order valence-electron chi connectivity index (χ3n) is 2.56. The van der Waals surface area contributed by atoms with Crippen LogP contribution in [0.5, 0.6) is 0 Å². The highest BCUT2D eigenvalue weighted by molar-refractivity contribution is 7.80. The molecule has 1 aromatic carbocycles. The van der Waals surface area contributed by atoms with Crippen molar-refractivity contribution in [1.29, 1.82) is 0 Å². The van der Waals surface area contributed by atoms with Crippen molar-refractivity contribution in [2.75, 3.05) is 5.32 Å². The van der Waals surface area contributed by atoms with Crippen LogP contribution in [0.4, 0.5) is 5.69 Å². The molecule has 0 aliphatic rings. The fourth-order valence-electron chi connectivity index (χ4n) is 1.73. The van der Waals surface area contributed by atoms with Crippen molar-refractivity contribution in [2.45, 2.75) is 0 Å². The minimum absolute atomic E-state index is 0.235. The predicted molar refractivity (Wildman–Crippen MR) is 77.6 cm³/mol. The van der Waals surface area contributed by atoms with Gasteiger partial charge in [0.1, 0.15) is 0 Å². The van der Waals surface area contributed by atoms with Crippen LogP contribution in [0.25, 0.3) is 22.7 Å². The molecule has 94 valence electrons. The maximum atomic E-state index is 5.63. The molecule has 3 rings (SSSR count). The summed E-state index contributed by atoms with van der Waals surface area (Å²) in [5.74, 6) is 0.538. The van der Waals surface area contributed by atoms with Crippen LogP contribution in [0.15, 0.2) is 47.0 Å². The van der Waals surface area contributed by atoms with E-state index in [1.54, 1.807) is 6.20 Å². The van der Waals surface area contributed by atoms with Crippen LogP contribution in [0.2, 0.25) is 0 Å². The topological polar surface area (TPSA) is 77.0 Å². The van der Waals surface area contributed by atoms with E-state index in [4.69, 9.17) is 22.4 Å². The molecule has 0 amide bonds. The molecule has 5 nitrogen and oxygen atoms in total. The average Bonchev–Trinajstić information content (AvgIpc) is 2.82. The average molecular weight is 270 g/mol. The minimum atomic E-state index is 0.235. The Morgan fingerprint density at radius 2 is 2.00 bits per heavy atom. The summed E-state index contributed by atoms with van der Waals surface area (Å²) in [5.41, 5.74) is 8.37. The Bertz CT molecular complexity index is 703. The number of nitrogens with two attached hydrogens (primary N) is 1. The van der Waals surface area contributed by atoms with E-state index >= 15 is 0 Å². The summed E-state index contributed by atoms with van der Waals surface area (Å²) in [6.45, 7) is 0. The largest absolute Gasteiger partial charge is 0.434 e. The maximum absolute atomic E-state index is 5.63. The lowest BCUT2D eigenvalue weighted by molar-refractivity contribution is 0.619. The molecule has 0 saturated carbocycles. The van der Waals surface area contributed by atoms with Gasteiger partial charge in [-0.05, 0) is 48.6 Å². The van der Waals surface area contributed by atoms with Gasteiger partial charge < -0.3 is 15.5 Å². The number of nitrogens with zero attached hydrogens (tertiary/aromatic N) is 2. The molecule has 0 atom stereocenters. The molecule has 0 fully saturated rings. The predicted octanol–water partition coefficient (Wildman–Crippen LogP) is 2.55. The molecule has 0 spiro atoms. The van der Waals surface area contributed by atoms with Crippen LogP contribution in [0.3, 0.4) is 0 Å². The van der Waals surface area contributed by atoms with Crippen molar-refractivity contribution in [3.63, 3.8) is 0 Å². The second-order valence-electron chi connectivity index (χ2n) is 3.91. The van der Waals surface area contributed by atoms with E-state index in [1.165, 1.54) is 0 Å². The smallest absolute Gasteiger partial charge is 0.228 e. The summed E-state index contributed by atoms with van der Waals surface area (Å²) in [6, 6.07) is 11.1. The van der Waals surface area contributed by atoms with Crippen LogP contribution >= 0.6 is 12.2 Å². The van der Waals surface area contributed by atoms with Crippen LogP contribution < -0.4 is 11.1 Å². The summed E-state index contributed by atoms with van der Waals surface area (Å²) in [5, 5.41) is 3.09. The van der Waals surface area contributed by atoms with Gasteiger partial charge in [-0.1, -0.05) is 0 Å². The third kappa shape index (κ3) is 2.38. The number of fused-ring (bicyclic) bond motifs is 1. The van der Waals surface area contributed by atoms with Gasteiger partial charge in [-0.25, -0.2) is 4.98 Å². The zero-order valence-corrected chi connectivity index (χ0v) is 10.6. The molecule has 0 aliphatic carbocycles. The molecule has 19 heavy (non-hydrogen) atoms. The normalized spacial score (nSPS) is 10.5. The number of hydrogen-bond acceptors (Lipinski definition) is 4. The van der Waals surface area contributed by atoms with Gasteiger partial charge in [0.2, 0.25) is 5.89 Å². The molecule has 3 aromatic rings. The zero-order chi connectivity index (χ0) is 13.2. The van der Waals surface area contributed by atoms with E-state index in [1.807, 2.05) is 36.4 Å². The number of anilines is 1. The molecule has 6 heteroatoms. The summed E-state index contributed by atoms with van der Waals surface area (Å²) >= 11 is 4.77. The van der Waals surface area contributed by atoms with Crippen LogP contribution in [-0.4, -0.2) is 15.1 Å². The van der Waals surface area contributed by atoms with Gasteiger partial charge in [0.25, 0.3) is 0 Å². The van der Waals surface area contributed by atoms with Crippen molar-refractivity contribution in [3.8, 4) is 11.5 Å². The number of nitrogens with one attached hydrogen (secondary N) is 1. The number of oxazole rings is 1. The Morgan fingerprint density at radius 3 is 2.68 bits per heavy atom. The van der Waals surface area contributed by atoms with Gasteiger partial charge >= 0.3 is 0 Å². The van der Waals surface area contributed by atoms with E-state index < -0.39 is 0 Å². The second-order valence-corrected chi connectivity index (χ2v) is 4.35. The van der Waals surface area contributed by atoms with Crippen molar-refractivity contribution in [3.05, 3.63) is 42.6 Å². The highest BCUT2D eigenvalue weighted by Crippen LogP contribution is 2.24. The Balaban J connectivity index is 1.95. The molecular weight excluding hydrogens is 260 g/mol. The summed E-state index contributed by atoms with van der Waals surface area (Å²) < 4.78 is 5.63. The highest BCUT2D eigenvalue weighted by atomic mass is 32.1. The third-order valence-corrected chi connectivity index (χ3v) is 2.67. The molecule has 3 N–H and O–H groups in total. The molecular formula is C13H10N4OS. The Hall–Kier alpha value is -2.47. The first-order valence-corrected chi connectivity index (χ1v) is 6.02. The lowest BCUT2D eigenvalue weighted by atomic mass is 10.2. The van der Waals surface area contributed by atoms with Gasteiger partial charge in [0.15, 0.2) is 16.3 Å². The van der Waals surface area contributed by atoms with E-state index in [9.17, 15) is 0 Å². The fourth-order valence-corrected chi connectivity index (χ4v) is 1.85. The van der Waals surface area contributed by atoms with Crippen molar-refractivity contribution in [1.82, 2.24) is 9.97 Å². The molecule has 0 bridgehead atoms. The van der Waals surface area contributed by atoms with Gasteiger partial charge in [-0.15, -0.1) is 0 Å². The van der Waals surface area contributed by atoms with E-state index in [-0.39, 0.29) is 5.11 Å². The van der Waals surface area contributed by atoms with Crippen LogP contribution in [0, 0.1) is 0 Å². The Labute approximate surface area is 114 Å². The minimum Gasteiger partial charge on any atom is -0.434 e. The van der Waals surface area contributed by atoms with Gasteiger partial charge in [-0.2, -0.15) is 4.98 Å². The first kappa shape index (κ1) is 11.6. The number of thiocarbonyl (C=S) groups is 1. The first-order chi connectivity index (χ1) is 9.22. The molecule has 0 aliphatic heterocycles. The molecule has 2 heterocycles. The first-order valence-electron chi connectivity index (χ1n) is 5.61. The summed E-state index contributed by atoms with van der Waals surface area (Å²) in [6.07, 6.45) is 1.68. The summed E-state index contributed by atoms with van der Waals surface area (Å²) in [7, 11) is 0. The lowest BCUT2D eigenvalue weighted by Gasteiger charge is -2.03. The molecule has 0 radical (unpaired) electrons. The van der Waals surface area contributed by atoms with E-state index in [0.29, 0.717) is 17.1 Å². The molecule has 0 saturated heterocycles. The van der Waals surface area contributed by atoms with Gasteiger partial charge in [-0.3, -0.25) is 0 Å². The van der Waals surface area contributed by atoms with E-state index in [2.05, 4.69) is 15.3 Å². The summed E-state index contributed by atoms with van der Waals surface area (Å²) in [4.78, 5) is 8.46. The zero-order valence-electron chi connectivity index (χ0n) is 9.83. The quantitative estimate of drug-likeness (QED) is 0.697. The molecule has 0 unspecified atom stereocenters. The Morgan fingerprint density at radius 1 is 1.21 bits per heavy atom. The van der Waals surface area contributed by atoms with Crippen LogP contribution in [-0.2, 0) is 0 Å². The number of rotatable bonds is 2. The molecule has 2 aromatic heterocycles. The van der Waals surface area contributed by atoms with Crippen molar-refractivity contribution < 1.29 is 4.42 Å². The fraction of sp³-hybridized carbons (Fsp3) is 0. The number of pyridine rings is 1. The highest BCUT2D eigenvalue weighted by Gasteiger charge is 2.08. The standard InChI is InChI=1S/C13H10N4OS/c14-13(19)16-9-5-3-8(4-6-9)12-17-11-10(18-12)2-1-7-15-11/h1-7H,(H3,14,16,19). The second kappa shape index (κ2) is 4.66. The van der Waals surface area contributed by atoms with Crippen molar-refractivity contribution in [2.24, 2.45) is 5.73 Å². The number of benzene rings is 1. The maximum Gasteiger partial charge on any atom is 0.228 e. The van der Waals surface area contributed by atoms with Crippen molar-refractivity contribution >= 4 is 34.2 Å². The Kier molecular flexibility index (Phi) is 2.85. The lowest BCUT2D eigenvalue weighted by Crippen LogP contribution is -2.18. The van der Waals surface area contributed by atoms with Crippen LogP contribution in [0.1, 0.15) is 0 Å². The number of aromatic nitrogens is 2. The SMILES string of the molecule is NC(=S)Nc1ccc(-c2nc3ncccc3o2)cc1.